The summed E-state index contributed by atoms with van der Waals surface area (Å²) in [5.74, 6) is 1.53. The summed E-state index contributed by atoms with van der Waals surface area (Å²) < 4.78 is 5.68. The molecule has 1 aliphatic heterocycles. The van der Waals surface area contributed by atoms with E-state index in [9.17, 15) is 5.11 Å². The number of ether oxygens (including phenoxy) is 1. The third-order valence-corrected chi connectivity index (χ3v) is 5.19. The first-order valence-electron chi connectivity index (χ1n) is 10.9. The lowest BCUT2D eigenvalue weighted by molar-refractivity contribution is 0.114. The zero-order chi connectivity index (χ0) is 21.2. The van der Waals surface area contributed by atoms with E-state index in [1.54, 1.807) is 0 Å². The van der Waals surface area contributed by atoms with Crippen LogP contribution >= 0.6 is 0 Å². The van der Waals surface area contributed by atoms with Crippen LogP contribution < -0.4 is 20.3 Å². The normalized spacial score (nSPS) is 16.2. The molecule has 2 aromatic rings. The molecule has 30 heavy (non-hydrogen) atoms. The van der Waals surface area contributed by atoms with Gasteiger partial charge in [-0.25, -0.2) is 0 Å². The molecule has 0 aromatic heterocycles. The number of nitrogens with one attached hydrogen (secondary N) is 2. The maximum Gasteiger partial charge on any atom is 0.191 e. The van der Waals surface area contributed by atoms with Crippen molar-refractivity contribution in [2.75, 3.05) is 37.7 Å². The first kappa shape index (κ1) is 22.0. The number of nitrogens with zero attached hydrogens (tertiary/aromatic N) is 2. The minimum absolute atomic E-state index is 0.224. The average molecular weight is 411 g/mol. The summed E-state index contributed by atoms with van der Waals surface area (Å²) in [4.78, 5) is 6.99. The maximum absolute atomic E-state index is 10.3. The van der Waals surface area contributed by atoms with Gasteiger partial charge in [0, 0.05) is 31.4 Å². The Kier molecular flexibility index (Phi) is 8.39. The fraction of sp³-hybridized carbons (Fsp3) is 0.458. The summed E-state index contributed by atoms with van der Waals surface area (Å²) in [5.41, 5.74) is 2.42. The van der Waals surface area contributed by atoms with E-state index in [1.165, 1.54) is 5.69 Å². The number of aliphatic hydroxyl groups excluding tert-OH is 1. The number of aliphatic imine (C=N–C) groups is 1. The van der Waals surface area contributed by atoms with Crippen molar-refractivity contribution in [3.8, 4) is 5.75 Å². The molecule has 1 heterocycles. The van der Waals surface area contributed by atoms with Crippen molar-refractivity contribution in [2.45, 2.75) is 38.8 Å². The van der Waals surface area contributed by atoms with Gasteiger partial charge in [0.15, 0.2) is 5.96 Å². The van der Waals surface area contributed by atoms with E-state index in [4.69, 9.17) is 4.74 Å². The summed E-state index contributed by atoms with van der Waals surface area (Å²) in [5, 5.41) is 17.1. The second-order valence-corrected chi connectivity index (χ2v) is 7.74. The molecule has 0 spiro atoms. The van der Waals surface area contributed by atoms with Gasteiger partial charge in [0.2, 0.25) is 0 Å². The van der Waals surface area contributed by atoms with Crippen molar-refractivity contribution in [1.82, 2.24) is 10.6 Å². The SMILES string of the molecule is CCNC(=NCC(O)COc1cccc(C)c1)NC1CCN(c2ccccc2)CC1. The summed E-state index contributed by atoms with van der Waals surface area (Å²) >= 11 is 0. The Morgan fingerprint density at radius 1 is 1.17 bits per heavy atom. The van der Waals surface area contributed by atoms with Gasteiger partial charge < -0.3 is 25.4 Å². The minimum atomic E-state index is -0.652. The number of aliphatic hydroxyl groups is 1. The number of para-hydroxylation sites is 1. The Morgan fingerprint density at radius 3 is 2.63 bits per heavy atom. The van der Waals surface area contributed by atoms with Crippen LogP contribution in [0.3, 0.4) is 0 Å². The molecule has 0 bridgehead atoms. The Labute approximate surface area is 180 Å². The zero-order valence-corrected chi connectivity index (χ0v) is 18.1. The topological polar surface area (TPSA) is 69.1 Å². The Bertz CT molecular complexity index is 789. The highest BCUT2D eigenvalue weighted by Gasteiger charge is 2.20. The molecule has 0 saturated carbocycles. The molecule has 1 unspecified atom stereocenters. The van der Waals surface area contributed by atoms with Crippen molar-refractivity contribution in [3.05, 3.63) is 60.2 Å². The van der Waals surface area contributed by atoms with E-state index in [0.29, 0.717) is 12.6 Å². The van der Waals surface area contributed by atoms with Crippen LogP contribution in [0.4, 0.5) is 5.69 Å². The Balaban J connectivity index is 1.45. The number of guanidine groups is 1. The van der Waals surface area contributed by atoms with Crippen molar-refractivity contribution < 1.29 is 9.84 Å². The number of hydrogen-bond donors (Lipinski definition) is 3. The highest BCUT2D eigenvalue weighted by atomic mass is 16.5. The lowest BCUT2D eigenvalue weighted by Crippen LogP contribution is -2.49. The quantitative estimate of drug-likeness (QED) is 0.461. The summed E-state index contributed by atoms with van der Waals surface area (Å²) in [6, 6.07) is 18.8. The van der Waals surface area contributed by atoms with E-state index in [1.807, 2.05) is 38.1 Å². The van der Waals surface area contributed by atoms with E-state index in [2.05, 4.69) is 50.9 Å². The molecule has 1 fully saturated rings. The van der Waals surface area contributed by atoms with E-state index in [0.717, 1.165) is 49.7 Å². The van der Waals surface area contributed by atoms with Crippen LogP contribution in [0, 0.1) is 6.92 Å². The van der Waals surface area contributed by atoms with Gasteiger partial charge in [-0.2, -0.15) is 0 Å². The first-order chi connectivity index (χ1) is 14.6. The standard InChI is InChI=1S/C24H34N4O2/c1-3-25-24(26-17-22(29)18-30-23-11-7-8-19(2)16-23)27-20-12-14-28(15-13-20)21-9-5-4-6-10-21/h4-11,16,20,22,29H,3,12-15,17-18H2,1-2H3,(H2,25,26,27). The second-order valence-electron chi connectivity index (χ2n) is 7.74. The molecule has 0 amide bonds. The first-order valence-corrected chi connectivity index (χ1v) is 10.9. The molecular formula is C24H34N4O2. The van der Waals surface area contributed by atoms with Crippen LogP contribution in [0.5, 0.6) is 5.75 Å². The molecule has 1 saturated heterocycles. The second kappa shape index (κ2) is 11.5. The molecule has 0 aliphatic carbocycles. The van der Waals surface area contributed by atoms with Crippen molar-refractivity contribution in [2.24, 2.45) is 4.99 Å². The predicted octanol–water partition coefficient (Wildman–Crippen LogP) is 2.96. The molecule has 162 valence electrons. The molecule has 6 nitrogen and oxygen atoms in total. The van der Waals surface area contributed by atoms with E-state index in [-0.39, 0.29) is 6.61 Å². The van der Waals surface area contributed by atoms with Crippen molar-refractivity contribution >= 4 is 11.6 Å². The molecule has 3 N–H and O–H groups in total. The van der Waals surface area contributed by atoms with Crippen LogP contribution in [0.25, 0.3) is 0 Å². The lowest BCUT2D eigenvalue weighted by Gasteiger charge is -2.34. The van der Waals surface area contributed by atoms with Gasteiger partial charge in [0.05, 0.1) is 6.54 Å². The van der Waals surface area contributed by atoms with Gasteiger partial charge in [-0.1, -0.05) is 30.3 Å². The highest BCUT2D eigenvalue weighted by molar-refractivity contribution is 5.80. The van der Waals surface area contributed by atoms with Crippen LogP contribution in [-0.2, 0) is 0 Å². The Morgan fingerprint density at radius 2 is 1.93 bits per heavy atom. The lowest BCUT2D eigenvalue weighted by atomic mass is 10.0. The maximum atomic E-state index is 10.3. The molecule has 3 rings (SSSR count). The molecule has 0 radical (unpaired) electrons. The average Bonchev–Trinajstić information content (AvgIpc) is 2.77. The number of piperidine rings is 1. The molecule has 6 heteroatoms. The van der Waals surface area contributed by atoms with Crippen LogP contribution in [0.15, 0.2) is 59.6 Å². The predicted molar refractivity (Wildman–Crippen MR) is 123 cm³/mol. The third-order valence-electron chi connectivity index (χ3n) is 5.19. The monoisotopic (exact) mass is 410 g/mol. The van der Waals surface area contributed by atoms with E-state index >= 15 is 0 Å². The van der Waals surface area contributed by atoms with Gasteiger partial charge >= 0.3 is 0 Å². The van der Waals surface area contributed by atoms with Crippen LogP contribution in [0.1, 0.15) is 25.3 Å². The summed E-state index contributed by atoms with van der Waals surface area (Å²) in [7, 11) is 0. The van der Waals surface area contributed by atoms with Crippen LogP contribution in [0.2, 0.25) is 0 Å². The fourth-order valence-electron chi connectivity index (χ4n) is 3.58. The van der Waals surface area contributed by atoms with Crippen molar-refractivity contribution in [3.63, 3.8) is 0 Å². The largest absolute Gasteiger partial charge is 0.491 e. The number of rotatable bonds is 8. The molecule has 2 aromatic carbocycles. The fourth-order valence-corrected chi connectivity index (χ4v) is 3.58. The third kappa shape index (κ3) is 6.95. The number of hydrogen-bond acceptors (Lipinski definition) is 4. The minimum Gasteiger partial charge on any atom is -0.491 e. The Hall–Kier alpha value is -2.73. The van der Waals surface area contributed by atoms with Gasteiger partial charge in [0.25, 0.3) is 0 Å². The highest BCUT2D eigenvalue weighted by Crippen LogP contribution is 2.19. The molecule has 1 atom stereocenters. The van der Waals surface area contributed by atoms with Gasteiger partial charge in [-0.3, -0.25) is 4.99 Å². The number of aryl methyl sites for hydroxylation is 1. The smallest absolute Gasteiger partial charge is 0.191 e. The van der Waals surface area contributed by atoms with Gasteiger partial charge in [-0.15, -0.1) is 0 Å². The van der Waals surface area contributed by atoms with Crippen LogP contribution in [-0.4, -0.2) is 56.0 Å². The van der Waals surface area contributed by atoms with Gasteiger partial charge in [0.1, 0.15) is 18.5 Å². The number of benzene rings is 2. The molecule has 1 aliphatic rings. The zero-order valence-electron chi connectivity index (χ0n) is 18.1. The van der Waals surface area contributed by atoms with E-state index < -0.39 is 6.10 Å². The summed E-state index contributed by atoms with van der Waals surface area (Å²) in [6.45, 7) is 7.41. The summed E-state index contributed by atoms with van der Waals surface area (Å²) in [6.07, 6.45) is 1.46. The molecular weight excluding hydrogens is 376 g/mol. The number of anilines is 1. The van der Waals surface area contributed by atoms with Crippen molar-refractivity contribution in [1.29, 1.82) is 0 Å². The van der Waals surface area contributed by atoms with Gasteiger partial charge in [-0.05, 0) is 56.5 Å².